The van der Waals surface area contributed by atoms with E-state index in [1.165, 1.54) is 26.2 Å². The lowest BCUT2D eigenvalue weighted by atomic mass is 9.99. The molecular formula is C21H25N5O6S. The number of fused-ring (bicyclic) bond motifs is 2. The van der Waals surface area contributed by atoms with Gasteiger partial charge in [-0.25, -0.2) is 12.7 Å². The molecule has 1 aliphatic rings. The second-order valence-corrected chi connectivity index (χ2v) is 9.87. The van der Waals surface area contributed by atoms with Crippen molar-refractivity contribution in [2.45, 2.75) is 17.9 Å². The van der Waals surface area contributed by atoms with Gasteiger partial charge in [-0.3, -0.25) is 4.79 Å². The highest BCUT2D eigenvalue weighted by atomic mass is 32.2. The number of rotatable bonds is 7. The first-order valence-electron chi connectivity index (χ1n) is 10.2. The van der Waals surface area contributed by atoms with Gasteiger partial charge >= 0.3 is 0 Å². The predicted molar refractivity (Wildman–Crippen MR) is 119 cm³/mol. The Hall–Kier alpha value is -3.38. The lowest BCUT2D eigenvalue weighted by Gasteiger charge is -2.29. The van der Waals surface area contributed by atoms with E-state index in [0.29, 0.717) is 42.0 Å². The third kappa shape index (κ3) is 4.31. The van der Waals surface area contributed by atoms with Crippen LogP contribution in [0.15, 0.2) is 35.2 Å². The van der Waals surface area contributed by atoms with Gasteiger partial charge in [-0.05, 0) is 53.1 Å². The van der Waals surface area contributed by atoms with Crippen LogP contribution in [0.4, 0.5) is 0 Å². The summed E-state index contributed by atoms with van der Waals surface area (Å²) in [6.45, 7) is 0.682. The smallest absolute Gasteiger partial charge is 0.263 e. The van der Waals surface area contributed by atoms with Crippen LogP contribution in [0.2, 0.25) is 0 Å². The van der Waals surface area contributed by atoms with Crippen molar-refractivity contribution in [3.63, 3.8) is 0 Å². The average Bonchev–Trinajstić information content (AvgIpc) is 3.23. The van der Waals surface area contributed by atoms with E-state index in [0.717, 1.165) is 20.3 Å². The highest BCUT2D eigenvalue weighted by molar-refractivity contribution is 7.89. The Balaban J connectivity index is 1.48. The summed E-state index contributed by atoms with van der Waals surface area (Å²) < 4.78 is 36.7. The fraction of sp³-hybridized carbons (Fsp3) is 0.381. The van der Waals surface area contributed by atoms with Crippen molar-refractivity contribution in [3.05, 3.63) is 41.5 Å². The van der Waals surface area contributed by atoms with E-state index < -0.39 is 10.0 Å². The minimum atomic E-state index is -3.64. The van der Waals surface area contributed by atoms with Gasteiger partial charge in [0, 0.05) is 27.2 Å². The van der Waals surface area contributed by atoms with Gasteiger partial charge in [0.2, 0.25) is 10.0 Å². The highest BCUT2D eigenvalue weighted by Crippen LogP contribution is 2.33. The number of aromatic nitrogens is 3. The molecule has 1 amide bonds. The summed E-state index contributed by atoms with van der Waals surface area (Å²) in [7, 11) is 2.43. The molecule has 2 heterocycles. The summed E-state index contributed by atoms with van der Waals surface area (Å²) in [6.07, 6.45) is 0.680. The van der Waals surface area contributed by atoms with Crippen LogP contribution in [0.3, 0.4) is 0 Å². The van der Waals surface area contributed by atoms with Gasteiger partial charge in [-0.2, -0.15) is 0 Å². The largest absolute Gasteiger partial charge is 0.493 e. The van der Waals surface area contributed by atoms with E-state index in [9.17, 15) is 13.2 Å². The Morgan fingerprint density at radius 1 is 1.09 bits per heavy atom. The highest BCUT2D eigenvalue weighted by Gasteiger charge is 2.24. The van der Waals surface area contributed by atoms with Gasteiger partial charge in [0.25, 0.3) is 5.91 Å². The number of sulfonamides is 1. The Morgan fingerprint density at radius 3 is 2.45 bits per heavy atom. The number of carbonyl (C=O) groups excluding carboxylic acids is 1. The molecule has 4 rings (SSSR count). The third-order valence-electron chi connectivity index (χ3n) is 5.55. The topological polar surface area (TPSA) is 116 Å². The second kappa shape index (κ2) is 8.87. The van der Waals surface area contributed by atoms with Gasteiger partial charge in [0.05, 0.1) is 19.1 Å². The molecule has 3 aromatic rings. The van der Waals surface area contributed by atoms with Gasteiger partial charge in [-0.15, -0.1) is 5.10 Å². The summed E-state index contributed by atoms with van der Waals surface area (Å²) in [5.41, 5.74) is 2.89. The summed E-state index contributed by atoms with van der Waals surface area (Å²) in [6, 6.07) is 8.24. The summed E-state index contributed by atoms with van der Waals surface area (Å²) in [5, 5.41) is 7.86. The standard InChI is InChI=1S/C21H25N5O6S/c1-24(2)33(28,29)16-5-6-17-18(11-16)26(23-22-17)32-13-21(27)25-8-7-14-9-19(30-3)20(31-4)10-15(14)12-25/h5-6,9-11H,7-8,12-13H2,1-4H3. The molecule has 33 heavy (non-hydrogen) atoms. The third-order valence-corrected chi connectivity index (χ3v) is 7.36. The molecule has 11 nitrogen and oxygen atoms in total. The number of amides is 1. The zero-order valence-electron chi connectivity index (χ0n) is 18.8. The lowest BCUT2D eigenvalue weighted by Crippen LogP contribution is -2.40. The van der Waals surface area contributed by atoms with Crippen molar-refractivity contribution in [2.75, 3.05) is 41.5 Å². The Labute approximate surface area is 191 Å². The van der Waals surface area contributed by atoms with Crippen LogP contribution in [0.5, 0.6) is 11.5 Å². The van der Waals surface area contributed by atoms with E-state index in [1.54, 1.807) is 25.2 Å². The van der Waals surface area contributed by atoms with Gasteiger partial charge in [-0.1, -0.05) is 4.85 Å². The zero-order chi connectivity index (χ0) is 23.8. The van der Waals surface area contributed by atoms with E-state index >= 15 is 0 Å². The minimum absolute atomic E-state index is 0.0792. The molecule has 0 spiro atoms. The molecule has 0 fully saturated rings. The van der Waals surface area contributed by atoms with E-state index in [1.807, 2.05) is 12.1 Å². The summed E-state index contributed by atoms with van der Waals surface area (Å²) in [5.74, 6) is 1.04. The maximum Gasteiger partial charge on any atom is 0.263 e. The quantitative estimate of drug-likeness (QED) is 0.491. The fourth-order valence-electron chi connectivity index (χ4n) is 3.65. The molecule has 0 unspecified atom stereocenters. The lowest BCUT2D eigenvalue weighted by molar-refractivity contribution is -0.137. The van der Waals surface area contributed by atoms with Gasteiger partial charge in [0.1, 0.15) is 11.0 Å². The normalized spacial score (nSPS) is 13.8. The van der Waals surface area contributed by atoms with Crippen molar-refractivity contribution in [3.8, 4) is 11.5 Å². The first-order valence-corrected chi connectivity index (χ1v) is 11.6. The molecule has 0 atom stereocenters. The maximum absolute atomic E-state index is 12.8. The van der Waals surface area contributed by atoms with Crippen LogP contribution >= 0.6 is 0 Å². The molecule has 0 aliphatic carbocycles. The van der Waals surface area contributed by atoms with E-state index in [4.69, 9.17) is 14.3 Å². The first kappa shape index (κ1) is 22.8. The molecule has 12 heteroatoms. The molecule has 0 N–H and O–H groups in total. The van der Waals surface area contributed by atoms with E-state index in [2.05, 4.69) is 10.3 Å². The Bertz CT molecular complexity index is 1300. The van der Waals surface area contributed by atoms with Crippen LogP contribution in [0, 0.1) is 0 Å². The predicted octanol–water partition coefficient (Wildman–Crippen LogP) is 0.712. The molecule has 0 radical (unpaired) electrons. The molecule has 0 bridgehead atoms. The van der Waals surface area contributed by atoms with Crippen molar-refractivity contribution in [1.29, 1.82) is 0 Å². The number of hydrogen-bond donors (Lipinski definition) is 0. The van der Waals surface area contributed by atoms with Crippen molar-refractivity contribution in [1.82, 2.24) is 24.4 Å². The van der Waals surface area contributed by atoms with Crippen molar-refractivity contribution < 1.29 is 27.5 Å². The van der Waals surface area contributed by atoms with Crippen LogP contribution in [-0.4, -0.2) is 80.2 Å². The molecule has 0 saturated heterocycles. The van der Waals surface area contributed by atoms with Crippen LogP contribution in [-0.2, 0) is 27.8 Å². The average molecular weight is 476 g/mol. The number of carbonyl (C=O) groups is 1. The first-order chi connectivity index (χ1) is 15.7. The van der Waals surface area contributed by atoms with Crippen molar-refractivity contribution in [2.24, 2.45) is 0 Å². The van der Waals surface area contributed by atoms with Gasteiger partial charge in [0.15, 0.2) is 18.1 Å². The van der Waals surface area contributed by atoms with E-state index in [-0.39, 0.29) is 17.4 Å². The van der Waals surface area contributed by atoms with Crippen LogP contribution in [0.25, 0.3) is 11.0 Å². The summed E-state index contributed by atoms with van der Waals surface area (Å²) in [4.78, 5) is 21.2. The van der Waals surface area contributed by atoms with Gasteiger partial charge < -0.3 is 19.2 Å². The molecular weight excluding hydrogens is 450 g/mol. The zero-order valence-corrected chi connectivity index (χ0v) is 19.6. The number of nitrogens with zero attached hydrogens (tertiary/aromatic N) is 5. The van der Waals surface area contributed by atoms with Crippen molar-refractivity contribution >= 4 is 27.0 Å². The molecule has 2 aromatic carbocycles. The Kier molecular flexibility index (Phi) is 6.13. The number of methoxy groups -OCH3 is 2. The van der Waals surface area contributed by atoms with Crippen LogP contribution in [0.1, 0.15) is 11.1 Å². The second-order valence-electron chi connectivity index (χ2n) is 7.71. The Morgan fingerprint density at radius 2 is 1.79 bits per heavy atom. The summed E-state index contributed by atoms with van der Waals surface area (Å²) >= 11 is 0. The fourth-order valence-corrected chi connectivity index (χ4v) is 4.57. The van der Waals surface area contributed by atoms with Crippen LogP contribution < -0.4 is 14.3 Å². The number of ether oxygens (including phenoxy) is 2. The monoisotopic (exact) mass is 475 g/mol. The maximum atomic E-state index is 12.8. The molecule has 1 aromatic heterocycles. The minimum Gasteiger partial charge on any atom is -0.493 e. The molecule has 0 saturated carbocycles. The number of hydrogen-bond acceptors (Lipinski definition) is 8. The number of benzene rings is 2. The SMILES string of the molecule is COc1cc2c(cc1OC)CN(C(=O)COn1nnc3ccc(S(=O)(=O)N(C)C)cc31)CC2. The molecule has 176 valence electrons. The molecule has 1 aliphatic heterocycles.